The number of carbonyl (C=O) groups is 1. The van der Waals surface area contributed by atoms with E-state index in [0.29, 0.717) is 6.04 Å². The number of hydrogen-bond acceptors (Lipinski definition) is 2. The first kappa shape index (κ1) is 11.3. The van der Waals surface area contributed by atoms with Crippen LogP contribution in [-0.4, -0.2) is 47.5 Å². The molecule has 0 aromatic rings. The maximum Gasteiger partial charge on any atom is 0.320 e. The predicted octanol–water partition coefficient (Wildman–Crippen LogP) is 0.870. The number of rotatable bonds is 3. The highest BCUT2D eigenvalue weighted by Crippen LogP contribution is 2.15. The molecule has 2 amide bonds. The van der Waals surface area contributed by atoms with Crippen molar-refractivity contribution < 1.29 is 4.79 Å². The van der Waals surface area contributed by atoms with Crippen LogP contribution in [-0.2, 0) is 0 Å². The van der Waals surface area contributed by atoms with Crippen LogP contribution in [0.1, 0.15) is 27.2 Å². The lowest BCUT2D eigenvalue weighted by molar-refractivity contribution is 0.193. The molecule has 1 rings (SSSR count). The summed E-state index contributed by atoms with van der Waals surface area (Å²) < 4.78 is 0. The average molecular weight is 199 g/mol. The summed E-state index contributed by atoms with van der Waals surface area (Å²) in [7, 11) is 1.85. The molecule has 1 atom stereocenters. The molecular formula is C10H21N3O. The van der Waals surface area contributed by atoms with Gasteiger partial charge < -0.3 is 15.5 Å². The maximum absolute atomic E-state index is 11.6. The Balaban J connectivity index is 2.44. The number of likely N-dealkylation sites (N-methyl/N-ethyl adjacent to an activating group) is 1. The van der Waals surface area contributed by atoms with Gasteiger partial charge in [0.25, 0.3) is 0 Å². The van der Waals surface area contributed by atoms with E-state index in [-0.39, 0.29) is 11.6 Å². The fraction of sp³-hybridized carbons (Fsp3) is 0.900. The number of nitrogens with zero attached hydrogens (tertiary/aromatic N) is 2. The molecule has 0 radical (unpaired) electrons. The van der Waals surface area contributed by atoms with Gasteiger partial charge >= 0.3 is 6.03 Å². The summed E-state index contributed by atoms with van der Waals surface area (Å²) in [6.45, 7) is 7.62. The van der Waals surface area contributed by atoms with Gasteiger partial charge in [-0.2, -0.15) is 0 Å². The Morgan fingerprint density at radius 2 is 2.14 bits per heavy atom. The third-order valence-electron chi connectivity index (χ3n) is 2.74. The molecule has 0 aliphatic carbocycles. The Morgan fingerprint density at radius 1 is 1.57 bits per heavy atom. The summed E-state index contributed by atoms with van der Waals surface area (Å²) in [6, 6.07) is 0.449. The van der Waals surface area contributed by atoms with Crippen LogP contribution in [0.15, 0.2) is 0 Å². The number of hydrogen-bond donors (Lipinski definition) is 1. The minimum Gasteiger partial charge on any atom is -0.325 e. The first-order valence-corrected chi connectivity index (χ1v) is 5.12. The van der Waals surface area contributed by atoms with Gasteiger partial charge in [-0.15, -0.1) is 0 Å². The van der Waals surface area contributed by atoms with E-state index in [1.54, 1.807) is 4.90 Å². The topological polar surface area (TPSA) is 49.6 Å². The third kappa shape index (κ3) is 2.61. The largest absolute Gasteiger partial charge is 0.325 e. The summed E-state index contributed by atoms with van der Waals surface area (Å²) in [4.78, 5) is 15.3. The molecule has 0 saturated carbocycles. The van der Waals surface area contributed by atoms with Gasteiger partial charge in [0.15, 0.2) is 0 Å². The smallest absolute Gasteiger partial charge is 0.320 e. The third-order valence-corrected chi connectivity index (χ3v) is 2.74. The van der Waals surface area contributed by atoms with E-state index in [1.807, 2.05) is 25.8 Å². The van der Waals surface area contributed by atoms with Crippen LogP contribution in [0.25, 0.3) is 0 Å². The SMILES string of the molecule is CC1CN(CCC(C)(C)N)C(=O)N1C. The summed E-state index contributed by atoms with van der Waals surface area (Å²) in [5, 5.41) is 0. The second kappa shape index (κ2) is 3.77. The van der Waals surface area contributed by atoms with Crippen LogP contribution in [0.5, 0.6) is 0 Å². The zero-order chi connectivity index (χ0) is 10.9. The van der Waals surface area contributed by atoms with Gasteiger partial charge in [0.2, 0.25) is 0 Å². The van der Waals surface area contributed by atoms with Crippen molar-refractivity contribution in [3.05, 3.63) is 0 Å². The Hall–Kier alpha value is -0.770. The van der Waals surface area contributed by atoms with E-state index in [2.05, 4.69) is 6.92 Å². The Labute approximate surface area is 86.0 Å². The molecule has 4 nitrogen and oxygen atoms in total. The van der Waals surface area contributed by atoms with E-state index in [1.165, 1.54) is 0 Å². The molecule has 0 aromatic heterocycles. The summed E-state index contributed by atoms with van der Waals surface area (Å²) in [5.74, 6) is 0. The van der Waals surface area contributed by atoms with Crippen molar-refractivity contribution in [3.63, 3.8) is 0 Å². The van der Waals surface area contributed by atoms with Crippen LogP contribution in [0.3, 0.4) is 0 Å². The van der Waals surface area contributed by atoms with Crippen LogP contribution >= 0.6 is 0 Å². The summed E-state index contributed by atoms with van der Waals surface area (Å²) in [6.07, 6.45) is 0.847. The number of carbonyl (C=O) groups excluding carboxylic acids is 1. The fourth-order valence-corrected chi connectivity index (χ4v) is 1.54. The molecule has 1 aliphatic heterocycles. The zero-order valence-electron chi connectivity index (χ0n) is 9.58. The molecule has 0 bridgehead atoms. The van der Waals surface area contributed by atoms with Crippen molar-refractivity contribution >= 4 is 6.03 Å². The monoisotopic (exact) mass is 199 g/mol. The van der Waals surface area contributed by atoms with E-state index in [0.717, 1.165) is 19.5 Å². The molecule has 0 aromatic carbocycles. The highest BCUT2D eigenvalue weighted by Gasteiger charge is 2.31. The summed E-state index contributed by atoms with van der Waals surface area (Å²) >= 11 is 0. The number of urea groups is 1. The second-order valence-corrected chi connectivity index (χ2v) is 4.93. The average Bonchev–Trinajstić information content (AvgIpc) is 2.28. The Morgan fingerprint density at radius 3 is 2.50 bits per heavy atom. The Bertz CT molecular complexity index is 222. The van der Waals surface area contributed by atoms with E-state index < -0.39 is 0 Å². The van der Waals surface area contributed by atoms with Crippen molar-refractivity contribution in [2.75, 3.05) is 20.1 Å². The van der Waals surface area contributed by atoms with Gasteiger partial charge in [-0.05, 0) is 27.2 Å². The van der Waals surface area contributed by atoms with Crippen LogP contribution < -0.4 is 5.73 Å². The Kier molecular flexibility index (Phi) is 3.04. The molecule has 0 spiro atoms. The lowest BCUT2D eigenvalue weighted by Gasteiger charge is -2.22. The highest BCUT2D eigenvalue weighted by atomic mass is 16.2. The fourth-order valence-electron chi connectivity index (χ4n) is 1.54. The van der Waals surface area contributed by atoms with Gasteiger partial charge in [-0.25, -0.2) is 4.79 Å². The second-order valence-electron chi connectivity index (χ2n) is 4.93. The molecule has 14 heavy (non-hydrogen) atoms. The predicted molar refractivity (Wildman–Crippen MR) is 57.1 cm³/mol. The minimum absolute atomic E-state index is 0.127. The van der Waals surface area contributed by atoms with Gasteiger partial charge in [0.05, 0.1) is 0 Å². The molecule has 82 valence electrons. The highest BCUT2D eigenvalue weighted by molar-refractivity contribution is 5.76. The van der Waals surface area contributed by atoms with Gasteiger partial charge in [0, 0.05) is 31.7 Å². The number of amides is 2. The lowest BCUT2D eigenvalue weighted by Crippen LogP contribution is -2.38. The minimum atomic E-state index is -0.190. The summed E-state index contributed by atoms with van der Waals surface area (Å²) in [5.41, 5.74) is 5.69. The van der Waals surface area contributed by atoms with Crippen molar-refractivity contribution in [1.29, 1.82) is 0 Å². The van der Waals surface area contributed by atoms with Gasteiger partial charge in [-0.3, -0.25) is 0 Å². The maximum atomic E-state index is 11.6. The van der Waals surface area contributed by atoms with Crippen molar-refractivity contribution in [3.8, 4) is 0 Å². The molecule has 1 aliphatic rings. The van der Waals surface area contributed by atoms with Crippen LogP contribution in [0.4, 0.5) is 4.79 Å². The molecule has 2 N–H and O–H groups in total. The van der Waals surface area contributed by atoms with Gasteiger partial charge in [-0.1, -0.05) is 0 Å². The normalized spacial score (nSPS) is 23.5. The quantitative estimate of drug-likeness (QED) is 0.733. The molecule has 4 heteroatoms. The van der Waals surface area contributed by atoms with Crippen LogP contribution in [0.2, 0.25) is 0 Å². The van der Waals surface area contributed by atoms with Gasteiger partial charge in [0.1, 0.15) is 0 Å². The lowest BCUT2D eigenvalue weighted by atomic mass is 10.0. The molecule has 1 fully saturated rings. The van der Waals surface area contributed by atoms with Crippen molar-refractivity contribution in [2.24, 2.45) is 5.73 Å². The van der Waals surface area contributed by atoms with E-state index in [9.17, 15) is 4.79 Å². The molecule has 1 heterocycles. The standard InChI is InChI=1S/C10H21N3O/c1-8-7-13(9(14)12(8)4)6-5-10(2,3)11/h8H,5-7,11H2,1-4H3. The van der Waals surface area contributed by atoms with Crippen molar-refractivity contribution in [1.82, 2.24) is 9.80 Å². The number of nitrogens with two attached hydrogens (primary N) is 1. The van der Waals surface area contributed by atoms with Crippen molar-refractivity contribution in [2.45, 2.75) is 38.8 Å². The first-order chi connectivity index (χ1) is 6.31. The van der Waals surface area contributed by atoms with E-state index in [4.69, 9.17) is 5.73 Å². The first-order valence-electron chi connectivity index (χ1n) is 5.12. The molecule has 1 unspecified atom stereocenters. The molecule has 1 saturated heterocycles. The zero-order valence-corrected chi connectivity index (χ0v) is 9.58. The van der Waals surface area contributed by atoms with Crippen LogP contribution in [0, 0.1) is 0 Å². The molecular weight excluding hydrogens is 178 g/mol. The van der Waals surface area contributed by atoms with E-state index >= 15 is 0 Å².